The van der Waals surface area contributed by atoms with Gasteiger partial charge in [0.25, 0.3) is 0 Å². The minimum absolute atomic E-state index is 0.00603. The first kappa shape index (κ1) is 19.9. The number of nitrogens with one attached hydrogen (secondary N) is 1. The van der Waals surface area contributed by atoms with Crippen LogP contribution in [0.25, 0.3) is 0 Å². The van der Waals surface area contributed by atoms with Crippen LogP contribution in [0.2, 0.25) is 0 Å². The van der Waals surface area contributed by atoms with Crippen LogP contribution in [0.1, 0.15) is 30.4 Å². The van der Waals surface area contributed by atoms with E-state index in [1.54, 1.807) is 12.1 Å². The maximum Gasteiger partial charge on any atom is 0.223 e. The van der Waals surface area contributed by atoms with Gasteiger partial charge >= 0.3 is 0 Å². The Kier molecular flexibility index (Phi) is 6.63. The van der Waals surface area contributed by atoms with Crippen LogP contribution in [-0.4, -0.2) is 29.8 Å². The highest BCUT2D eigenvalue weighted by atomic mass is 19.1. The van der Waals surface area contributed by atoms with Crippen molar-refractivity contribution in [3.05, 3.63) is 65.5 Å². The summed E-state index contributed by atoms with van der Waals surface area (Å²) < 4.78 is 12.9. The smallest absolute Gasteiger partial charge is 0.223 e. The van der Waals surface area contributed by atoms with Crippen molar-refractivity contribution in [3.63, 3.8) is 0 Å². The monoisotopic (exact) mass is 383 g/mol. The molecule has 0 saturated carbocycles. The summed E-state index contributed by atoms with van der Waals surface area (Å²) >= 11 is 0. The highest BCUT2D eigenvalue weighted by Gasteiger charge is 2.27. The van der Waals surface area contributed by atoms with Gasteiger partial charge in [-0.2, -0.15) is 0 Å². The predicted octanol–water partition coefficient (Wildman–Crippen LogP) is 2.90. The predicted molar refractivity (Wildman–Crippen MR) is 107 cm³/mol. The summed E-state index contributed by atoms with van der Waals surface area (Å²) in [6, 6.07) is 13.7. The van der Waals surface area contributed by atoms with E-state index in [1.807, 2.05) is 29.2 Å². The fourth-order valence-corrected chi connectivity index (χ4v) is 3.49. The number of likely N-dealkylation sites (tertiary alicyclic amines) is 1. The van der Waals surface area contributed by atoms with Gasteiger partial charge in [0.2, 0.25) is 11.8 Å². The molecule has 0 aromatic heterocycles. The molecule has 28 heavy (non-hydrogen) atoms. The van der Waals surface area contributed by atoms with Crippen molar-refractivity contribution in [2.45, 2.75) is 32.2 Å². The first-order valence-electron chi connectivity index (χ1n) is 9.66. The van der Waals surface area contributed by atoms with Crippen molar-refractivity contribution in [1.29, 1.82) is 0 Å². The van der Waals surface area contributed by atoms with Crippen molar-refractivity contribution in [1.82, 2.24) is 10.2 Å². The van der Waals surface area contributed by atoms with Gasteiger partial charge in [-0.25, -0.2) is 4.39 Å². The standard InChI is InChI=1S/C22H26FN3O2/c23-19-8-5-16(6-9-19)15-25-22(28)18-11-13-26(14-12-18)21(27)10-7-17-3-1-2-4-20(17)24/h1-6,8-9,18H,7,10-15,24H2,(H,25,28). The van der Waals surface area contributed by atoms with E-state index in [2.05, 4.69) is 5.32 Å². The summed E-state index contributed by atoms with van der Waals surface area (Å²) in [5.74, 6) is -0.279. The van der Waals surface area contributed by atoms with Crippen LogP contribution in [0.3, 0.4) is 0 Å². The molecule has 3 rings (SSSR count). The van der Waals surface area contributed by atoms with E-state index in [4.69, 9.17) is 5.73 Å². The van der Waals surface area contributed by atoms with Crippen molar-refractivity contribution >= 4 is 17.5 Å². The van der Waals surface area contributed by atoms with Gasteiger partial charge in [-0.1, -0.05) is 30.3 Å². The Morgan fingerprint density at radius 1 is 1.07 bits per heavy atom. The number of rotatable bonds is 6. The highest BCUT2D eigenvalue weighted by Crippen LogP contribution is 2.20. The number of hydrogen-bond donors (Lipinski definition) is 2. The van der Waals surface area contributed by atoms with Gasteiger partial charge in [0, 0.05) is 37.7 Å². The molecule has 1 heterocycles. The van der Waals surface area contributed by atoms with Gasteiger partial charge in [-0.3, -0.25) is 9.59 Å². The molecule has 0 spiro atoms. The second kappa shape index (κ2) is 9.35. The minimum atomic E-state index is -0.290. The Morgan fingerprint density at radius 3 is 2.43 bits per heavy atom. The number of benzene rings is 2. The Morgan fingerprint density at radius 2 is 1.75 bits per heavy atom. The quantitative estimate of drug-likeness (QED) is 0.753. The lowest BCUT2D eigenvalue weighted by molar-refractivity contribution is -0.135. The molecular weight excluding hydrogens is 357 g/mol. The molecular formula is C22H26FN3O2. The Bertz CT molecular complexity index is 815. The molecule has 0 unspecified atom stereocenters. The van der Waals surface area contributed by atoms with E-state index in [1.165, 1.54) is 12.1 Å². The van der Waals surface area contributed by atoms with Crippen LogP contribution in [0, 0.1) is 11.7 Å². The van der Waals surface area contributed by atoms with E-state index in [0.717, 1.165) is 11.1 Å². The van der Waals surface area contributed by atoms with E-state index in [-0.39, 0.29) is 23.5 Å². The molecule has 3 N–H and O–H groups in total. The Balaban J connectivity index is 1.40. The van der Waals surface area contributed by atoms with Crippen LogP contribution < -0.4 is 11.1 Å². The zero-order valence-corrected chi connectivity index (χ0v) is 15.9. The number of amides is 2. The fraction of sp³-hybridized carbons (Fsp3) is 0.364. The van der Waals surface area contributed by atoms with Crippen LogP contribution >= 0.6 is 0 Å². The molecule has 148 valence electrons. The number of nitrogens with zero attached hydrogens (tertiary/aromatic N) is 1. The molecule has 2 aromatic carbocycles. The Labute approximate surface area is 164 Å². The summed E-state index contributed by atoms with van der Waals surface area (Å²) in [5, 5.41) is 2.91. The Hall–Kier alpha value is -2.89. The third kappa shape index (κ3) is 5.31. The molecule has 0 radical (unpaired) electrons. The van der Waals surface area contributed by atoms with E-state index >= 15 is 0 Å². The van der Waals surface area contributed by atoms with Gasteiger partial charge < -0.3 is 16.0 Å². The van der Waals surface area contributed by atoms with Crippen LogP contribution in [0.15, 0.2) is 48.5 Å². The molecule has 2 aromatic rings. The molecule has 0 atom stereocenters. The van der Waals surface area contributed by atoms with Gasteiger partial charge in [0.15, 0.2) is 0 Å². The van der Waals surface area contributed by atoms with Crippen molar-refractivity contribution in [2.24, 2.45) is 5.92 Å². The maximum atomic E-state index is 12.9. The number of piperidine rings is 1. The first-order valence-corrected chi connectivity index (χ1v) is 9.66. The summed E-state index contributed by atoms with van der Waals surface area (Å²) in [7, 11) is 0. The number of hydrogen-bond acceptors (Lipinski definition) is 3. The van der Waals surface area contributed by atoms with E-state index in [0.29, 0.717) is 51.0 Å². The molecule has 1 aliphatic rings. The SMILES string of the molecule is Nc1ccccc1CCC(=O)N1CCC(C(=O)NCc2ccc(F)cc2)CC1. The zero-order chi connectivity index (χ0) is 19.9. The fourth-order valence-electron chi connectivity index (χ4n) is 3.49. The number of nitrogens with two attached hydrogens (primary N) is 1. The first-order chi connectivity index (χ1) is 13.5. The molecule has 6 heteroatoms. The lowest BCUT2D eigenvalue weighted by Crippen LogP contribution is -2.43. The number of aryl methyl sites for hydroxylation is 1. The summed E-state index contributed by atoms with van der Waals surface area (Å²) in [4.78, 5) is 26.6. The van der Waals surface area contributed by atoms with Crippen LogP contribution in [0.5, 0.6) is 0 Å². The van der Waals surface area contributed by atoms with E-state index < -0.39 is 0 Å². The van der Waals surface area contributed by atoms with Crippen LogP contribution in [-0.2, 0) is 22.6 Å². The number of para-hydroxylation sites is 1. The average Bonchev–Trinajstić information content (AvgIpc) is 2.72. The molecule has 1 aliphatic heterocycles. The summed E-state index contributed by atoms with van der Waals surface area (Å²) in [5.41, 5.74) is 8.50. The second-order valence-corrected chi connectivity index (χ2v) is 7.20. The summed E-state index contributed by atoms with van der Waals surface area (Å²) in [6.45, 7) is 1.58. The third-order valence-corrected chi connectivity index (χ3v) is 5.26. The molecule has 2 amide bonds. The molecule has 1 fully saturated rings. The number of anilines is 1. The topological polar surface area (TPSA) is 75.4 Å². The largest absolute Gasteiger partial charge is 0.399 e. The lowest BCUT2D eigenvalue weighted by atomic mass is 9.95. The second-order valence-electron chi connectivity index (χ2n) is 7.20. The van der Waals surface area contributed by atoms with Gasteiger partial charge in [0.1, 0.15) is 5.82 Å². The van der Waals surface area contributed by atoms with Crippen molar-refractivity contribution in [2.75, 3.05) is 18.8 Å². The molecule has 0 bridgehead atoms. The number of carbonyl (C=O) groups excluding carboxylic acids is 2. The van der Waals surface area contributed by atoms with E-state index in [9.17, 15) is 14.0 Å². The lowest BCUT2D eigenvalue weighted by Gasteiger charge is -2.31. The number of nitrogen functional groups attached to an aromatic ring is 1. The van der Waals surface area contributed by atoms with Crippen LogP contribution in [0.4, 0.5) is 10.1 Å². The van der Waals surface area contributed by atoms with Crippen molar-refractivity contribution < 1.29 is 14.0 Å². The normalized spacial score (nSPS) is 14.7. The van der Waals surface area contributed by atoms with Crippen molar-refractivity contribution in [3.8, 4) is 0 Å². The minimum Gasteiger partial charge on any atom is -0.399 e. The zero-order valence-electron chi connectivity index (χ0n) is 15.9. The molecule has 0 aliphatic carbocycles. The van der Waals surface area contributed by atoms with Gasteiger partial charge in [0.05, 0.1) is 0 Å². The van der Waals surface area contributed by atoms with Gasteiger partial charge in [-0.15, -0.1) is 0 Å². The molecule has 5 nitrogen and oxygen atoms in total. The number of halogens is 1. The third-order valence-electron chi connectivity index (χ3n) is 5.26. The summed E-state index contributed by atoms with van der Waals surface area (Å²) in [6.07, 6.45) is 2.38. The number of carbonyl (C=O) groups is 2. The maximum absolute atomic E-state index is 12.9. The average molecular weight is 383 g/mol. The highest BCUT2D eigenvalue weighted by molar-refractivity contribution is 5.80. The molecule has 1 saturated heterocycles. The van der Waals surface area contributed by atoms with Gasteiger partial charge in [-0.05, 0) is 48.6 Å².